The van der Waals surface area contributed by atoms with Gasteiger partial charge in [0.25, 0.3) is 0 Å². The van der Waals surface area contributed by atoms with Crippen LogP contribution in [0.3, 0.4) is 0 Å². The summed E-state index contributed by atoms with van der Waals surface area (Å²) in [6.07, 6.45) is 6.43. The second-order valence-electron chi connectivity index (χ2n) is 5.13. The van der Waals surface area contributed by atoms with Crippen LogP contribution in [-0.4, -0.2) is 33.9 Å². The average molecular weight is 301 g/mol. The highest BCUT2D eigenvalue weighted by Gasteiger charge is 2.20. The van der Waals surface area contributed by atoms with E-state index in [-0.39, 0.29) is 12.2 Å². The maximum Gasteiger partial charge on any atom is 0.338 e. The highest BCUT2D eigenvalue weighted by Crippen LogP contribution is 2.27. The zero-order valence-electron chi connectivity index (χ0n) is 12.6. The summed E-state index contributed by atoms with van der Waals surface area (Å²) in [6, 6.07) is 5.27. The van der Waals surface area contributed by atoms with E-state index < -0.39 is 0 Å². The molecular weight excluding hydrogens is 282 g/mol. The van der Waals surface area contributed by atoms with E-state index in [0.29, 0.717) is 17.9 Å². The smallest absolute Gasteiger partial charge is 0.338 e. The van der Waals surface area contributed by atoms with Crippen LogP contribution in [0.1, 0.15) is 42.8 Å². The van der Waals surface area contributed by atoms with Gasteiger partial charge in [0.2, 0.25) is 0 Å². The summed E-state index contributed by atoms with van der Waals surface area (Å²) < 4.78 is 12.7. The number of nitrogens with zero attached hydrogens (tertiary/aromatic N) is 3. The molecule has 0 bridgehead atoms. The van der Waals surface area contributed by atoms with Crippen LogP contribution in [0, 0.1) is 0 Å². The third-order valence-electron chi connectivity index (χ3n) is 3.63. The van der Waals surface area contributed by atoms with Crippen molar-refractivity contribution >= 4 is 5.97 Å². The van der Waals surface area contributed by atoms with Crippen molar-refractivity contribution in [2.24, 2.45) is 0 Å². The van der Waals surface area contributed by atoms with Crippen LogP contribution in [0.5, 0.6) is 0 Å². The molecule has 22 heavy (non-hydrogen) atoms. The van der Waals surface area contributed by atoms with E-state index in [1.165, 1.54) is 0 Å². The van der Waals surface area contributed by atoms with Crippen LogP contribution in [0.4, 0.5) is 0 Å². The lowest BCUT2D eigenvalue weighted by Gasteiger charge is -2.24. The Balaban J connectivity index is 1.90. The van der Waals surface area contributed by atoms with Crippen molar-refractivity contribution < 1.29 is 14.3 Å². The SMILES string of the molecule is CCOC(=O)c1ccnc(-c2ccnn2C2CCCCO2)c1. The van der Waals surface area contributed by atoms with Gasteiger partial charge in [0, 0.05) is 19.0 Å². The zero-order chi connectivity index (χ0) is 15.4. The van der Waals surface area contributed by atoms with Gasteiger partial charge in [0.15, 0.2) is 6.23 Å². The van der Waals surface area contributed by atoms with Gasteiger partial charge in [-0.15, -0.1) is 0 Å². The Morgan fingerprint density at radius 3 is 3.09 bits per heavy atom. The summed E-state index contributed by atoms with van der Waals surface area (Å²) in [5.74, 6) is -0.342. The van der Waals surface area contributed by atoms with E-state index in [4.69, 9.17) is 9.47 Å². The molecule has 1 saturated heterocycles. The molecule has 1 fully saturated rings. The number of aromatic nitrogens is 3. The minimum absolute atomic E-state index is 0.0631. The van der Waals surface area contributed by atoms with Crippen molar-refractivity contribution in [1.29, 1.82) is 0 Å². The number of rotatable bonds is 4. The molecule has 1 aliphatic heterocycles. The molecule has 0 radical (unpaired) electrons. The Hall–Kier alpha value is -2.21. The molecule has 0 spiro atoms. The van der Waals surface area contributed by atoms with E-state index in [0.717, 1.165) is 31.6 Å². The molecule has 0 N–H and O–H groups in total. The summed E-state index contributed by atoms with van der Waals surface area (Å²) in [5.41, 5.74) is 2.03. The van der Waals surface area contributed by atoms with Gasteiger partial charge < -0.3 is 9.47 Å². The normalized spacial score (nSPS) is 18.1. The van der Waals surface area contributed by atoms with Gasteiger partial charge in [-0.2, -0.15) is 5.10 Å². The molecule has 2 aromatic heterocycles. The third-order valence-corrected chi connectivity index (χ3v) is 3.63. The lowest BCUT2D eigenvalue weighted by Crippen LogP contribution is -2.20. The number of carbonyl (C=O) groups is 1. The Kier molecular flexibility index (Phi) is 4.48. The first-order valence-corrected chi connectivity index (χ1v) is 7.58. The number of ether oxygens (including phenoxy) is 2. The summed E-state index contributed by atoms with van der Waals surface area (Å²) in [4.78, 5) is 16.2. The highest BCUT2D eigenvalue weighted by molar-refractivity contribution is 5.90. The van der Waals surface area contributed by atoms with Crippen LogP contribution >= 0.6 is 0 Å². The van der Waals surface area contributed by atoms with Gasteiger partial charge in [-0.25, -0.2) is 9.48 Å². The van der Waals surface area contributed by atoms with Crippen molar-refractivity contribution in [1.82, 2.24) is 14.8 Å². The third kappa shape index (κ3) is 3.01. The number of pyridine rings is 1. The summed E-state index contributed by atoms with van der Waals surface area (Å²) in [7, 11) is 0. The van der Waals surface area contributed by atoms with E-state index >= 15 is 0 Å². The van der Waals surface area contributed by atoms with Crippen LogP contribution in [0.25, 0.3) is 11.4 Å². The molecule has 6 heteroatoms. The summed E-state index contributed by atoms with van der Waals surface area (Å²) in [6.45, 7) is 2.89. The summed E-state index contributed by atoms with van der Waals surface area (Å²) in [5, 5.41) is 4.36. The Labute approximate surface area is 129 Å². The Morgan fingerprint density at radius 2 is 2.32 bits per heavy atom. The number of hydrogen-bond donors (Lipinski definition) is 0. The molecule has 3 heterocycles. The zero-order valence-corrected chi connectivity index (χ0v) is 12.6. The largest absolute Gasteiger partial charge is 0.462 e. The van der Waals surface area contributed by atoms with Gasteiger partial charge in [-0.05, 0) is 44.4 Å². The fourth-order valence-corrected chi connectivity index (χ4v) is 2.58. The molecular formula is C16H19N3O3. The number of carbonyl (C=O) groups excluding carboxylic acids is 1. The molecule has 2 aromatic rings. The molecule has 0 aromatic carbocycles. The number of hydrogen-bond acceptors (Lipinski definition) is 5. The fourth-order valence-electron chi connectivity index (χ4n) is 2.58. The quantitative estimate of drug-likeness (QED) is 0.812. The van der Waals surface area contributed by atoms with Crippen LogP contribution in [-0.2, 0) is 9.47 Å². The molecule has 116 valence electrons. The Bertz CT molecular complexity index is 648. The average Bonchev–Trinajstić information content (AvgIpc) is 3.06. The van der Waals surface area contributed by atoms with Crippen LogP contribution in [0.2, 0.25) is 0 Å². The molecule has 6 nitrogen and oxygen atoms in total. The van der Waals surface area contributed by atoms with Crippen LogP contribution in [0.15, 0.2) is 30.6 Å². The molecule has 0 aliphatic carbocycles. The predicted octanol–water partition coefficient (Wildman–Crippen LogP) is 2.82. The molecule has 1 unspecified atom stereocenters. The van der Waals surface area contributed by atoms with Gasteiger partial charge in [-0.1, -0.05) is 0 Å². The monoisotopic (exact) mass is 301 g/mol. The lowest BCUT2D eigenvalue weighted by atomic mass is 10.1. The maximum absolute atomic E-state index is 11.9. The molecule has 1 aliphatic rings. The van der Waals surface area contributed by atoms with E-state index in [9.17, 15) is 4.79 Å². The first-order valence-electron chi connectivity index (χ1n) is 7.58. The first kappa shape index (κ1) is 14.7. The van der Waals surface area contributed by atoms with Gasteiger partial charge >= 0.3 is 5.97 Å². The first-order chi connectivity index (χ1) is 10.8. The maximum atomic E-state index is 11.9. The van der Waals surface area contributed by atoms with Gasteiger partial charge in [0.1, 0.15) is 0 Å². The minimum Gasteiger partial charge on any atom is -0.462 e. The fraction of sp³-hybridized carbons (Fsp3) is 0.438. The van der Waals surface area contributed by atoms with Crippen molar-refractivity contribution in [3.63, 3.8) is 0 Å². The number of esters is 1. The molecule has 1 atom stereocenters. The van der Waals surface area contributed by atoms with Crippen LogP contribution < -0.4 is 0 Å². The molecule has 3 rings (SSSR count). The highest BCUT2D eigenvalue weighted by atomic mass is 16.5. The minimum atomic E-state index is -0.342. The topological polar surface area (TPSA) is 66.2 Å². The van der Waals surface area contributed by atoms with Gasteiger partial charge in [0.05, 0.1) is 23.6 Å². The summed E-state index contributed by atoms with van der Waals surface area (Å²) >= 11 is 0. The molecule has 0 saturated carbocycles. The van der Waals surface area contributed by atoms with E-state index in [1.54, 1.807) is 31.5 Å². The Morgan fingerprint density at radius 1 is 1.41 bits per heavy atom. The van der Waals surface area contributed by atoms with Crippen molar-refractivity contribution in [3.05, 3.63) is 36.2 Å². The second kappa shape index (κ2) is 6.70. The van der Waals surface area contributed by atoms with Crippen molar-refractivity contribution in [2.75, 3.05) is 13.2 Å². The standard InChI is InChI=1S/C16H19N3O3/c1-2-21-16(20)12-6-8-17-13(11-12)14-7-9-18-19(14)15-5-3-4-10-22-15/h6-9,11,15H,2-5,10H2,1H3. The molecule has 0 amide bonds. The van der Waals surface area contributed by atoms with E-state index in [2.05, 4.69) is 10.1 Å². The van der Waals surface area contributed by atoms with Gasteiger partial charge in [-0.3, -0.25) is 4.98 Å². The van der Waals surface area contributed by atoms with E-state index in [1.807, 2.05) is 10.7 Å². The van der Waals surface area contributed by atoms with Crippen molar-refractivity contribution in [3.8, 4) is 11.4 Å². The van der Waals surface area contributed by atoms with Crippen molar-refractivity contribution in [2.45, 2.75) is 32.4 Å². The second-order valence-corrected chi connectivity index (χ2v) is 5.13. The lowest BCUT2D eigenvalue weighted by molar-refractivity contribution is -0.0384. The predicted molar refractivity (Wildman–Crippen MR) is 80.3 cm³/mol.